The second-order valence-electron chi connectivity index (χ2n) is 6.99. The van der Waals surface area contributed by atoms with Crippen molar-refractivity contribution in [2.45, 2.75) is 25.4 Å². The van der Waals surface area contributed by atoms with Crippen molar-refractivity contribution in [2.75, 3.05) is 13.7 Å². The van der Waals surface area contributed by atoms with E-state index in [1.54, 1.807) is 25.1 Å². The largest absolute Gasteiger partial charge is 0.493 e. The third kappa shape index (κ3) is 4.58. The number of methoxy groups -OCH3 is 1. The molecule has 0 saturated carbocycles. The number of nitrogens with one attached hydrogen (secondary N) is 1. The Morgan fingerprint density at radius 2 is 1.93 bits per heavy atom. The maximum absolute atomic E-state index is 12.5. The number of carbonyl (C=O) groups excluding carboxylic acids is 1. The van der Waals surface area contributed by atoms with Gasteiger partial charge in [-0.3, -0.25) is 4.79 Å². The summed E-state index contributed by atoms with van der Waals surface area (Å²) in [5.41, 5.74) is -0.566. The van der Waals surface area contributed by atoms with Gasteiger partial charge in [0.15, 0.2) is 11.3 Å². The first-order chi connectivity index (χ1) is 13.4. The molecule has 1 heterocycles. The normalized spacial score (nSPS) is 13.1. The first kappa shape index (κ1) is 19.6. The molecule has 146 valence electrons. The number of aliphatic hydroxyl groups is 1. The summed E-state index contributed by atoms with van der Waals surface area (Å²) in [5, 5.41) is 13.8. The van der Waals surface area contributed by atoms with E-state index < -0.39 is 17.1 Å². The van der Waals surface area contributed by atoms with Crippen molar-refractivity contribution in [2.24, 2.45) is 0 Å². The Labute approximate surface area is 162 Å². The molecule has 0 saturated heterocycles. The number of para-hydroxylation sites is 1. The molecule has 6 nitrogen and oxygen atoms in total. The quantitative estimate of drug-likeness (QED) is 0.615. The Hall–Kier alpha value is -3.12. The van der Waals surface area contributed by atoms with E-state index in [2.05, 4.69) is 5.32 Å². The number of amides is 1. The van der Waals surface area contributed by atoms with Gasteiger partial charge in [-0.05, 0) is 37.5 Å². The van der Waals surface area contributed by atoms with Crippen LogP contribution in [0.4, 0.5) is 0 Å². The Morgan fingerprint density at radius 3 is 2.64 bits per heavy atom. The first-order valence-corrected chi connectivity index (χ1v) is 9.05. The summed E-state index contributed by atoms with van der Waals surface area (Å²) in [4.78, 5) is 24.7. The van der Waals surface area contributed by atoms with Crippen molar-refractivity contribution >= 4 is 16.9 Å². The number of aryl methyl sites for hydroxylation is 1. The van der Waals surface area contributed by atoms with Gasteiger partial charge in [-0.25, -0.2) is 4.79 Å². The molecule has 0 fully saturated rings. The number of benzene rings is 2. The number of hydrogen-bond acceptors (Lipinski definition) is 5. The smallest absolute Gasteiger partial charge is 0.349 e. The maximum Gasteiger partial charge on any atom is 0.349 e. The zero-order valence-corrected chi connectivity index (χ0v) is 15.9. The molecule has 0 aliphatic rings. The Kier molecular flexibility index (Phi) is 5.80. The minimum absolute atomic E-state index is 0.0221. The van der Waals surface area contributed by atoms with Gasteiger partial charge < -0.3 is 19.6 Å². The van der Waals surface area contributed by atoms with E-state index in [4.69, 9.17) is 9.15 Å². The van der Waals surface area contributed by atoms with Crippen LogP contribution in [0, 0.1) is 0 Å². The van der Waals surface area contributed by atoms with Crippen molar-refractivity contribution < 1.29 is 19.1 Å². The summed E-state index contributed by atoms with van der Waals surface area (Å²) in [7, 11) is 1.48. The first-order valence-electron chi connectivity index (χ1n) is 9.05. The molecular weight excluding hydrogens is 358 g/mol. The van der Waals surface area contributed by atoms with Gasteiger partial charge in [-0.1, -0.05) is 42.5 Å². The molecule has 6 heteroatoms. The molecule has 2 aromatic carbocycles. The summed E-state index contributed by atoms with van der Waals surface area (Å²) < 4.78 is 10.4. The summed E-state index contributed by atoms with van der Waals surface area (Å²) >= 11 is 0. The van der Waals surface area contributed by atoms with Crippen LogP contribution in [0.15, 0.2) is 63.8 Å². The van der Waals surface area contributed by atoms with E-state index in [1.807, 2.05) is 30.3 Å². The molecule has 28 heavy (non-hydrogen) atoms. The average Bonchev–Trinajstić information content (AvgIpc) is 2.70. The third-order valence-corrected chi connectivity index (χ3v) is 4.61. The fourth-order valence-corrected chi connectivity index (χ4v) is 2.95. The van der Waals surface area contributed by atoms with Crippen LogP contribution in [0.2, 0.25) is 0 Å². The summed E-state index contributed by atoms with van der Waals surface area (Å²) in [6, 6.07) is 16.4. The molecule has 2 N–H and O–H groups in total. The molecule has 0 radical (unpaired) electrons. The van der Waals surface area contributed by atoms with Gasteiger partial charge in [0, 0.05) is 11.9 Å². The van der Waals surface area contributed by atoms with Gasteiger partial charge in [0.25, 0.3) is 5.91 Å². The van der Waals surface area contributed by atoms with E-state index in [-0.39, 0.29) is 12.1 Å². The lowest BCUT2D eigenvalue weighted by molar-refractivity contribution is 0.0477. The number of fused-ring (bicyclic) bond motifs is 1. The molecule has 1 aromatic heterocycles. The highest BCUT2D eigenvalue weighted by Crippen LogP contribution is 2.24. The van der Waals surface area contributed by atoms with Crippen LogP contribution in [0.1, 0.15) is 29.3 Å². The molecule has 0 spiro atoms. The lowest BCUT2D eigenvalue weighted by Gasteiger charge is -2.23. The number of ether oxygens (including phenoxy) is 1. The second-order valence-corrected chi connectivity index (χ2v) is 6.99. The Balaban J connectivity index is 1.69. The van der Waals surface area contributed by atoms with Crippen molar-refractivity contribution in [3.63, 3.8) is 0 Å². The summed E-state index contributed by atoms with van der Waals surface area (Å²) in [6.07, 6.45) is 1.16. The minimum atomic E-state index is -1.11. The van der Waals surface area contributed by atoms with Gasteiger partial charge >= 0.3 is 5.63 Å². The molecule has 0 aliphatic carbocycles. The monoisotopic (exact) mass is 381 g/mol. The van der Waals surface area contributed by atoms with E-state index in [0.717, 1.165) is 5.56 Å². The molecule has 0 bridgehead atoms. The number of carbonyl (C=O) groups is 1. The topological polar surface area (TPSA) is 88.8 Å². The highest BCUT2D eigenvalue weighted by molar-refractivity contribution is 5.97. The lowest BCUT2D eigenvalue weighted by atomic mass is 9.96. The van der Waals surface area contributed by atoms with Gasteiger partial charge in [-0.15, -0.1) is 0 Å². The standard InChI is InChI=1S/C22H23NO5/c1-22(26,12-11-15-7-4-3-5-8-15)14-23-20(24)17-13-16-9-6-10-18(27-2)19(16)28-21(17)25/h3-10,13,26H,11-12,14H2,1-2H3,(H,23,24). The van der Waals surface area contributed by atoms with Gasteiger partial charge in [0.05, 0.1) is 12.7 Å². The van der Waals surface area contributed by atoms with Crippen molar-refractivity contribution in [1.82, 2.24) is 5.32 Å². The SMILES string of the molecule is COc1cccc2cc(C(=O)NCC(C)(O)CCc3ccccc3)c(=O)oc12. The fraction of sp³-hybridized carbons (Fsp3) is 0.273. The molecule has 1 unspecified atom stereocenters. The zero-order chi connectivity index (χ0) is 20.1. The van der Waals surface area contributed by atoms with E-state index in [0.29, 0.717) is 29.6 Å². The summed E-state index contributed by atoms with van der Waals surface area (Å²) in [5.74, 6) is -0.163. The zero-order valence-electron chi connectivity index (χ0n) is 15.9. The van der Waals surface area contributed by atoms with Crippen LogP contribution >= 0.6 is 0 Å². The van der Waals surface area contributed by atoms with Gasteiger partial charge in [0.2, 0.25) is 0 Å². The van der Waals surface area contributed by atoms with Crippen LogP contribution in [-0.2, 0) is 6.42 Å². The van der Waals surface area contributed by atoms with Crippen molar-refractivity contribution in [3.05, 3.63) is 76.1 Å². The van der Waals surface area contributed by atoms with Crippen LogP contribution in [0.5, 0.6) is 5.75 Å². The predicted molar refractivity (Wildman–Crippen MR) is 107 cm³/mol. The highest BCUT2D eigenvalue weighted by Gasteiger charge is 2.23. The molecule has 3 aromatic rings. The second kappa shape index (κ2) is 8.27. The minimum Gasteiger partial charge on any atom is -0.493 e. The van der Waals surface area contributed by atoms with Crippen molar-refractivity contribution in [1.29, 1.82) is 0 Å². The van der Waals surface area contributed by atoms with Gasteiger partial charge in [0.1, 0.15) is 5.56 Å². The summed E-state index contributed by atoms with van der Waals surface area (Å²) in [6.45, 7) is 1.68. The molecule has 0 aliphatic heterocycles. The average molecular weight is 381 g/mol. The Morgan fingerprint density at radius 1 is 1.18 bits per heavy atom. The van der Waals surface area contributed by atoms with E-state index in [9.17, 15) is 14.7 Å². The van der Waals surface area contributed by atoms with E-state index >= 15 is 0 Å². The van der Waals surface area contributed by atoms with Crippen LogP contribution in [0.25, 0.3) is 11.0 Å². The molecule has 3 rings (SSSR count). The number of rotatable bonds is 7. The van der Waals surface area contributed by atoms with Crippen molar-refractivity contribution in [3.8, 4) is 5.75 Å². The van der Waals surface area contributed by atoms with Crippen LogP contribution < -0.4 is 15.7 Å². The van der Waals surface area contributed by atoms with Gasteiger partial charge in [-0.2, -0.15) is 0 Å². The predicted octanol–water partition coefficient (Wildman–Crippen LogP) is 2.92. The maximum atomic E-state index is 12.5. The highest BCUT2D eigenvalue weighted by atomic mass is 16.5. The molecule has 1 amide bonds. The molecular formula is C22H23NO5. The Bertz CT molecular complexity index is 1020. The van der Waals surface area contributed by atoms with Crippen LogP contribution in [-0.4, -0.2) is 30.3 Å². The fourth-order valence-electron chi connectivity index (χ4n) is 2.95. The van der Waals surface area contributed by atoms with E-state index in [1.165, 1.54) is 13.2 Å². The molecule has 1 atom stereocenters. The number of hydrogen-bond donors (Lipinski definition) is 2. The van der Waals surface area contributed by atoms with Crippen LogP contribution in [0.3, 0.4) is 0 Å². The lowest BCUT2D eigenvalue weighted by Crippen LogP contribution is -2.42. The third-order valence-electron chi connectivity index (χ3n) is 4.61.